The van der Waals surface area contributed by atoms with Crippen LogP contribution in [0.25, 0.3) is 0 Å². The van der Waals surface area contributed by atoms with Gasteiger partial charge < -0.3 is 9.34 Å². The van der Waals surface area contributed by atoms with Crippen molar-refractivity contribution in [2.75, 3.05) is 22.4 Å². The lowest BCUT2D eigenvalue weighted by Gasteiger charge is -2.20. The van der Waals surface area contributed by atoms with Crippen LogP contribution >= 0.6 is 8.88 Å². The quantitative estimate of drug-likeness (QED) is 0.757. The second-order valence-electron chi connectivity index (χ2n) is 5.07. The van der Waals surface area contributed by atoms with E-state index in [0.29, 0.717) is 8.88 Å². The number of benzene rings is 2. The van der Waals surface area contributed by atoms with Crippen molar-refractivity contribution in [2.45, 2.75) is 13.8 Å². The van der Waals surface area contributed by atoms with Gasteiger partial charge in [0.05, 0.1) is 8.88 Å². The predicted molar refractivity (Wildman–Crippen MR) is 85.4 cm³/mol. The number of hydrogen-bond acceptors (Lipinski definition) is 2. The Morgan fingerprint density at radius 3 is 1.42 bits per heavy atom. The maximum Gasteiger partial charge on any atom is 0.0799 e. The van der Waals surface area contributed by atoms with Gasteiger partial charge in [-0.05, 0) is 38.1 Å². The largest absolute Gasteiger partial charge is 0.334 e. The topological polar surface area (TPSA) is 6.48 Å². The first kappa shape index (κ1) is 12.5. The van der Waals surface area contributed by atoms with E-state index in [0.717, 1.165) is 13.1 Å². The molecular weight excluding hydrogens is 251 g/mol. The number of rotatable bonds is 2. The fourth-order valence-corrected chi connectivity index (χ4v) is 3.49. The summed E-state index contributed by atoms with van der Waals surface area (Å²) in [5.74, 6) is 0. The van der Waals surface area contributed by atoms with Crippen LogP contribution in [-0.2, 0) is 0 Å². The molecule has 3 heteroatoms. The van der Waals surface area contributed by atoms with Gasteiger partial charge in [0.1, 0.15) is 0 Å². The fraction of sp³-hybridized carbons (Fsp3) is 0.250. The van der Waals surface area contributed by atoms with Crippen LogP contribution in [0.1, 0.15) is 11.1 Å². The van der Waals surface area contributed by atoms with E-state index < -0.39 is 0 Å². The van der Waals surface area contributed by atoms with Gasteiger partial charge in [-0.3, -0.25) is 0 Å². The van der Waals surface area contributed by atoms with Gasteiger partial charge in [-0.15, -0.1) is 0 Å². The molecule has 2 aromatic rings. The summed E-state index contributed by atoms with van der Waals surface area (Å²) in [5.41, 5.74) is 5.31. The molecule has 3 rings (SSSR count). The van der Waals surface area contributed by atoms with Crippen LogP contribution in [0, 0.1) is 13.8 Å². The highest BCUT2D eigenvalue weighted by Gasteiger charge is 2.20. The fourth-order valence-electron chi connectivity index (χ4n) is 2.27. The number of anilines is 2. The summed E-state index contributed by atoms with van der Waals surface area (Å²) in [4.78, 5) is 0. The van der Waals surface area contributed by atoms with Crippen LogP contribution in [0.4, 0.5) is 11.4 Å². The third-order valence-corrected chi connectivity index (χ3v) is 4.93. The van der Waals surface area contributed by atoms with Crippen molar-refractivity contribution in [3.8, 4) is 0 Å². The molecule has 0 unspecified atom stereocenters. The molecule has 1 saturated heterocycles. The molecule has 2 aromatic carbocycles. The van der Waals surface area contributed by atoms with Crippen LogP contribution in [-0.4, -0.2) is 13.1 Å². The van der Waals surface area contributed by atoms with E-state index >= 15 is 0 Å². The van der Waals surface area contributed by atoms with E-state index in [2.05, 4.69) is 71.7 Å². The lowest BCUT2D eigenvalue weighted by atomic mass is 10.2. The summed E-state index contributed by atoms with van der Waals surface area (Å²) in [6.07, 6.45) is 0. The Kier molecular flexibility index (Phi) is 3.44. The zero-order chi connectivity index (χ0) is 13.2. The summed E-state index contributed by atoms with van der Waals surface area (Å²) < 4.78 is 4.92. The van der Waals surface area contributed by atoms with E-state index in [4.69, 9.17) is 0 Å². The summed E-state index contributed by atoms with van der Waals surface area (Å²) in [5, 5.41) is 0. The van der Waals surface area contributed by atoms with E-state index in [1.165, 1.54) is 22.5 Å². The summed E-state index contributed by atoms with van der Waals surface area (Å²) in [6.45, 7) is 6.48. The highest BCUT2D eigenvalue weighted by molar-refractivity contribution is 7.42. The molecule has 0 radical (unpaired) electrons. The SMILES string of the molecule is Cc1ccc(N2CCN(c3ccc(C)cc3)P2)cc1. The van der Waals surface area contributed by atoms with E-state index in [1.807, 2.05) is 0 Å². The Balaban J connectivity index is 1.73. The summed E-state index contributed by atoms with van der Waals surface area (Å²) in [7, 11) is 0.706. The van der Waals surface area contributed by atoms with Gasteiger partial charge in [-0.2, -0.15) is 0 Å². The van der Waals surface area contributed by atoms with E-state index in [1.54, 1.807) is 0 Å². The lowest BCUT2D eigenvalue weighted by Crippen LogP contribution is -2.10. The molecule has 1 aliphatic heterocycles. The van der Waals surface area contributed by atoms with Gasteiger partial charge in [-0.25, -0.2) is 0 Å². The molecule has 1 fully saturated rings. The molecule has 0 aromatic heterocycles. The number of hydrogen-bond donors (Lipinski definition) is 0. The molecular formula is C16H19N2P. The number of aryl methyl sites for hydroxylation is 2. The van der Waals surface area contributed by atoms with Gasteiger partial charge in [0.15, 0.2) is 0 Å². The summed E-state index contributed by atoms with van der Waals surface area (Å²) >= 11 is 0. The van der Waals surface area contributed by atoms with Gasteiger partial charge in [0.2, 0.25) is 0 Å². The van der Waals surface area contributed by atoms with Crippen molar-refractivity contribution in [3.63, 3.8) is 0 Å². The van der Waals surface area contributed by atoms with Crippen LogP contribution < -0.4 is 9.34 Å². The molecule has 1 heterocycles. The molecule has 0 aliphatic carbocycles. The summed E-state index contributed by atoms with van der Waals surface area (Å²) in [6, 6.07) is 17.6. The van der Waals surface area contributed by atoms with Crippen molar-refractivity contribution in [2.24, 2.45) is 0 Å². The van der Waals surface area contributed by atoms with Crippen LogP contribution in [0.15, 0.2) is 48.5 Å². The molecule has 2 nitrogen and oxygen atoms in total. The lowest BCUT2D eigenvalue weighted by molar-refractivity contribution is 1.02. The van der Waals surface area contributed by atoms with Crippen molar-refractivity contribution in [1.82, 2.24) is 0 Å². The Hall–Kier alpha value is -1.53. The third-order valence-electron chi connectivity index (χ3n) is 3.48. The molecule has 0 atom stereocenters. The van der Waals surface area contributed by atoms with Gasteiger partial charge in [-0.1, -0.05) is 35.4 Å². The normalized spacial score (nSPS) is 15.1. The van der Waals surface area contributed by atoms with Crippen molar-refractivity contribution < 1.29 is 0 Å². The maximum atomic E-state index is 2.46. The first-order valence-electron chi connectivity index (χ1n) is 6.67. The average molecular weight is 270 g/mol. The van der Waals surface area contributed by atoms with Crippen molar-refractivity contribution in [3.05, 3.63) is 59.7 Å². The first-order chi connectivity index (χ1) is 9.22. The third kappa shape index (κ3) is 2.74. The Bertz CT molecular complexity index is 496. The zero-order valence-corrected chi connectivity index (χ0v) is 12.4. The van der Waals surface area contributed by atoms with E-state index in [9.17, 15) is 0 Å². The minimum Gasteiger partial charge on any atom is -0.334 e. The highest BCUT2D eigenvalue weighted by atomic mass is 31.1. The Labute approximate surface area is 116 Å². The van der Waals surface area contributed by atoms with Gasteiger partial charge >= 0.3 is 0 Å². The highest BCUT2D eigenvalue weighted by Crippen LogP contribution is 2.38. The Morgan fingerprint density at radius 1 is 0.684 bits per heavy atom. The smallest absolute Gasteiger partial charge is 0.0799 e. The van der Waals surface area contributed by atoms with Crippen molar-refractivity contribution >= 4 is 20.3 Å². The molecule has 0 spiro atoms. The number of nitrogens with zero attached hydrogens (tertiary/aromatic N) is 2. The molecule has 98 valence electrons. The first-order valence-corrected chi connectivity index (χ1v) is 7.56. The predicted octanol–water partition coefficient (Wildman–Crippen LogP) is 4.14. The molecule has 0 amide bonds. The van der Waals surface area contributed by atoms with E-state index in [-0.39, 0.29) is 0 Å². The molecule has 0 saturated carbocycles. The standard InChI is InChI=1S/C16H19N2P/c1-13-3-7-15(8-4-13)17-11-12-18(19-17)16-9-5-14(2)6-10-16/h3-10,19H,11-12H2,1-2H3. The minimum absolute atomic E-state index is 0.706. The molecule has 1 aliphatic rings. The second kappa shape index (κ2) is 5.22. The van der Waals surface area contributed by atoms with Gasteiger partial charge in [0, 0.05) is 24.5 Å². The maximum absolute atomic E-state index is 2.46. The monoisotopic (exact) mass is 270 g/mol. The molecule has 19 heavy (non-hydrogen) atoms. The minimum atomic E-state index is 0.706. The van der Waals surface area contributed by atoms with Crippen molar-refractivity contribution in [1.29, 1.82) is 0 Å². The van der Waals surface area contributed by atoms with Crippen LogP contribution in [0.3, 0.4) is 0 Å². The molecule has 0 N–H and O–H groups in total. The molecule has 0 bridgehead atoms. The van der Waals surface area contributed by atoms with Crippen LogP contribution in [0.2, 0.25) is 0 Å². The van der Waals surface area contributed by atoms with Gasteiger partial charge in [0.25, 0.3) is 0 Å². The second-order valence-corrected chi connectivity index (χ2v) is 6.35. The average Bonchev–Trinajstić information content (AvgIpc) is 2.90. The zero-order valence-electron chi connectivity index (χ0n) is 11.4. The van der Waals surface area contributed by atoms with Crippen LogP contribution in [0.5, 0.6) is 0 Å². The Morgan fingerprint density at radius 2 is 1.05 bits per heavy atom.